The van der Waals surface area contributed by atoms with Crippen LogP contribution in [0.4, 0.5) is 5.13 Å². The van der Waals surface area contributed by atoms with Crippen molar-refractivity contribution >= 4 is 34.8 Å². The SMILES string of the molecule is Cc1ccn(CC2CCCNC2)c(=O)c1C(=O)Nc1nnc(Cc2ccccc2)s1.Cl. The first kappa shape index (κ1) is 23.1. The number of halogens is 1. The third-order valence-corrected chi connectivity index (χ3v) is 6.18. The van der Waals surface area contributed by atoms with Crippen LogP contribution in [0, 0.1) is 12.8 Å². The molecule has 0 saturated carbocycles. The molecule has 4 rings (SSSR count). The zero-order valence-electron chi connectivity index (χ0n) is 17.3. The van der Waals surface area contributed by atoms with Crippen molar-refractivity contribution in [1.82, 2.24) is 20.1 Å². The first-order valence-corrected chi connectivity index (χ1v) is 11.0. The number of nitrogens with one attached hydrogen (secondary N) is 2. The average molecular weight is 460 g/mol. The Balaban J connectivity index is 0.00000272. The van der Waals surface area contributed by atoms with Crippen molar-refractivity contribution in [2.75, 3.05) is 18.4 Å². The molecule has 0 aliphatic carbocycles. The second-order valence-corrected chi connectivity index (χ2v) is 8.72. The highest BCUT2D eigenvalue weighted by Gasteiger charge is 2.20. The Kier molecular flexibility index (Phi) is 7.95. The van der Waals surface area contributed by atoms with Gasteiger partial charge in [0.2, 0.25) is 5.13 Å². The lowest BCUT2D eigenvalue weighted by Crippen LogP contribution is -2.36. The number of hydrogen-bond acceptors (Lipinski definition) is 6. The summed E-state index contributed by atoms with van der Waals surface area (Å²) in [6.45, 7) is 4.33. The Labute approximate surface area is 191 Å². The zero-order chi connectivity index (χ0) is 20.9. The van der Waals surface area contributed by atoms with Crippen LogP contribution in [0.5, 0.6) is 0 Å². The fourth-order valence-electron chi connectivity index (χ4n) is 3.75. The first-order valence-electron chi connectivity index (χ1n) is 10.2. The van der Waals surface area contributed by atoms with Crippen molar-refractivity contribution in [3.8, 4) is 0 Å². The lowest BCUT2D eigenvalue weighted by Gasteiger charge is -2.23. The van der Waals surface area contributed by atoms with Crippen LogP contribution in [0.25, 0.3) is 0 Å². The maximum atomic E-state index is 13.0. The topological polar surface area (TPSA) is 88.9 Å². The van der Waals surface area contributed by atoms with E-state index in [1.54, 1.807) is 17.7 Å². The summed E-state index contributed by atoms with van der Waals surface area (Å²) < 4.78 is 1.65. The quantitative estimate of drug-likeness (QED) is 0.590. The van der Waals surface area contributed by atoms with Gasteiger partial charge in [0, 0.05) is 19.2 Å². The highest BCUT2D eigenvalue weighted by Crippen LogP contribution is 2.19. The smallest absolute Gasteiger partial charge is 0.263 e. The van der Waals surface area contributed by atoms with Gasteiger partial charge in [-0.3, -0.25) is 14.9 Å². The monoisotopic (exact) mass is 459 g/mol. The van der Waals surface area contributed by atoms with Crippen molar-refractivity contribution in [1.29, 1.82) is 0 Å². The van der Waals surface area contributed by atoms with E-state index in [2.05, 4.69) is 20.8 Å². The van der Waals surface area contributed by atoms with Crippen molar-refractivity contribution in [3.05, 3.63) is 74.6 Å². The highest BCUT2D eigenvalue weighted by molar-refractivity contribution is 7.15. The number of piperidine rings is 1. The summed E-state index contributed by atoms with van der Waals surface area (Å²) in [6, 6.07) is 11.8. The van der Waals surface area contributed by atoms with Crippen LogP contribution in [0.15, 0.2) is 47.4 Å². The van der Waals surface area contributed by atoms with Gasteiger partial charge < -0.3 is 9.88 Å². The van der Waals surface area contributed by atoms with Crippen LogP contribution in [-0.4, -0.2) is 33.8 Å². The van der Waals surface area contributed by atoms with Crippen LogP contribution in [-0.2, 0) is 13.0 Å². The Morgan fingerprint density at radius 2 is 2.06 bits per heavy atom. The van der Waals surface area contributed by atoms with E-state index in [-0.39, 0.29) is 23.5 Å². The van der Waals surface area contributed by atoms with Crippen molar-refractivity contribution in [2.24, 2.45) is 5.92 Å². The van der Waals surface area contributed by atoms with Gasteiger partial charge in [0.1, 0.15) is 10.6 Å². The van der Waals surface area contributed by atoms with Gasteiger partial charge in [-0.15, -0.1) is 22.6 Å². The summed E-state index contributed by atoms with van der Waals surface area (Å²) in [5.74, 6) is -0.0326. The number of pyridine rings is 1. The molecule has 3 heterocycles. The number of carbonyl (C=O) groups is 1. The fraction of sp³-hybridized carbons (Fsp3) is 0.364. The maximum Gasteiger partial charge on any atom is 0.263 e. The normalized spacial score (nSPS) is 15.8. The van der Waals surface area contributed by atoms with E-state index in [1.807, 2.05) is 36.4 Å². The second-order valence-electron chi connectivity index (χ2n) is 7.66. The molecule has 7 nitrogen and oxygen atoms in total. The van der Waals surface area contributed by atoms with E-state index in [4.69, 9.17) is 0 Å². The van der Waals surface area contributed by atoms with E-state index in [0.717, 1.165) is 36.5 Å². The third kappa shape index (κ3) is 5.78. The number of rotatable bonds is 6. The Morgan fingerprint density at radius 1 is 1.26 bits per heavy atom. The molecule has 1 unspecified atom stereocenters. The van der Waals surface area contributed by atoms with Crippen molar-refractivity contribution in [3.63, 3.8) is 0 Å². The Hall–Kier alpha value is -2.55. The first-order chi connectivity index (χ1) is 14.6. The Morgan fingerprint density at radius 3 is 2.81 bits per heavy atom. The van der Waals surface area contributed by atoms with Crippen molar-refractivity contribution in [2.45, 2.75) is 32.7 Å². The molecule has 2 aromatic heterocycles. The molecule has 0 radical (unpaired) electrons. The lowest BCUT2D eigenvalue weighted by molar-refractivity contribution is 0.102. The predicted molar refractivity (Wildman–Crippen MR) is 125 cm³/mol. The van der Waals surface area contributed by atoms with Crippen LogP contribution < -0.4 is 16.2 Å². The van der Waals surface area contributed by atoms with Gasteiger partial charge in [0.25, 0.3) is 11.5 Å². The van der Waals surface area contributed by atoms with Crippen LogP contribution in [0.1, 0.15) is 39.3 Å². The van der Waals surface area contributed by atoms with Gasteiger partial charge in [-0.25, -0.2) is 0 Å². The summed E-state index contributed by atoms with van der Waals surface area (Å²) >= 11 is 1.32. The van der Waals surface area contributed by atoms with Gasteiger partial charge >= 0.3 is 0 Å². The van der Waals surface area contributed by atoms with Crippen LogP contribution in [0.3, 0.4) is 0 Å². The van der Waals surface area contributed by atoms with Gasteiger partial charge in [-0.2, -0.15) is 0 Å². The van der Waals surface area contributed by atoms with Gasteiger partial charge in [-0.1, -0.05) is 41.7 Å². The maximum absolute atomic E-state index is 13.0. The minimum Gasteiger partial charge on any atom is -0.316 e. The van der Waals surface area contributed by atoms with Crippen molar-refractivity contribution < 1.29 is 4.79 Å². The van der Waals surface area contributed by atoms with Crippen LogP contribution >= 0.6 is 23.7 Å². The molecule has 3 aromatic rings. The minimum atomic E-state index is -0.434. The number of aromatic nitrogens is 3. The standard InChI is InChI=1S/C22H25N5O2S.ClH/c1-15-9-11-27(14-17-8-5-10-23-13-17)21(29)19(15)20(28)24-22-26-25-18(30-22)12-16-6-3-2-4-7-16;/h2-4,6-7,9,11,17,23H,5,8,10,12-14H2,1H3,(H,24,26,28);1H. The molecule has 1 fully saturated rings. The highest BCUT2D eigenvalue weighted by atomic mass is 35.5. The number of nitrogens with zero attached hydrogens (tertiary/aromatic N) is 3. The summed E-state index contributed by atoms with van der Waals surface area (Å²) in [6.07, 6.45) is 4.64. The molecule has 164 valence electrons. The molecule has 0 spiro atoms. The molecule has 2 N–H and O–H groups in total. The second kappa shape index (κ2) is 10.7. The van der Waals surface area contributed by atoms with E-state index in [1.165, 1.54) is 11.3 Å². The molecule has 0 bridgehead atoms. The molecular formula is C22H26ClN5O2S. The molecule has 1 atom stereocenters. The fourth-order valence-corrected chi connectivity index (χ4v) is 4.52. The summed E-state index contributed by atoms with van der Waals surface area (Å²) in [4.78, 5) is 25.9. The van der Waals surface area contributed by atoms with Gasteiger partial charge in [-0.05, 0) is 56.0 Å². The summed E-state index contributed by atoms with van der Waals surface area (Å²) in [7, 11) is 0. The molecule has 1 aliphatic heterocycles. The average Bonchev–Trinajstić information content (AvgIpc) is 3.18. The largest absolute Gasteiger partial charge is 0.316 e. The number of aryl methyl sites for hydroxylation is 1. The predicted octanol–water partition coefficient (Wildman–Crippen LogP) is 3.27. The van der Waals surface area contributed by atoms with Gasteiger partial charge in [0.05, 0.1) is 0 Å². The molecule has 1 saturated heterocycles. The molecule has 1 amide bonds. The van der Waals surface area contributed by atoms with E-state index >= 15 is 0 Å². The molecule has 31 heavy (non-hydrogen) atoms. The Bertz CT molecular complexity index is 1080. The molecular weight excluding hydrogens is 434 g/mol. The lowest BCUT2D eigenvalue weighted by atomic mass is 9.99. The molecule has 1 aliphatic rings. The molecule has 1 aromatic carbocycles. The minimum absolute atomic E-state index is 0. The van der Waals surface area contributed by atoms with E-state index in [9.17, 15) is 9.59 Å². The van der Waals surface area contributed by atoms with Gasteiger partial charge in [0.15, 0.2) is 0 Å². The number of benzene rings is 1. The van der Waals surface area contributed by atoms with Crippen LogP contribution in [0.2, 0.25) is 0 Å². The third-order valence-electron chi connectivity index (χ3n) is 5.34. The summed E-state index contributed by atoms with van der Waals surface area (Å²) in [5.41, 5.74) is 1.70. The summed E-state index contributed by atoms with van der Waals surface area (Å²) in [5, 5.41) is 15.6. The number of anilines is 1. The van der Waals surface area contributed by atoms with E-state index < -0.39 is 5.91 Å². The zero-order valence-corrected chi connectivity index (χ0v) is 19.0. The number of hydrogen-bond donors (Lipinski definition) is 2. The molecule has 9 heteroatoms. The number of amides is 1. The number of carbonyl (C=O) groups excluding carboxylic acids is 1. The van der Waals surface area contributed by atoms with E-state index in [0.29, 0.717) is 29.6 Å².